The van der Waals surface area contributed by atoms with Gasteiger partial charge in [0.05, 0.1) is 5.52 Å². The average Bonchev–Trinajstić information content (AvgIpc) is 2.64. The molecule has 0 aliphatic rings. The fourth-order valence-corrected chi connectivity index (χ4v) is 3.24. The SMILES string of the molecule is Cc1ccc2c(c1)c(=O)ccn2CC(=O)Nc1cccc2ccccc12. The number of anilines is 1. The maximum atomic E-state index is 12.6. The highest BCUT2D eigenvalue weighted by Crippen LogP contribution is 2.23. The number of benzene rings is 3. The second kappa shape index (κ2) is 6.48. The molecule has 0 fully saturated rings. The highest BCUT2D eigenvalue weighted by atomic mass is 16.2. The summed E-state index contributed by atoms with van der Waals surface area (Å²) >= 11 is 0. The van der Waals surface area contributed by atoms with Crippen molar-refractivity contribution < 1.29 is 4.79 Å². The van der Waals surface area contributed by atoms with Crippen molar-refractivity contribution in [2.45, 2.75) is 13.5 Å². The van der Waals surface area contributed by atoms with E-state index in [4.69, 9.17) is 0 Å². The lowest BCUT2D eigenvalue weighted by Crippen LogP contribution is -2.20. The molecule has 4 rings (SSSR count). The van der Waals surface area contributed by atoms with Gasteiger partial charge in [-0.1, -0.05) is 48.0 Å². The van der Waals surface area contributed by atoms with Gasteiger partial charge in [0.25, 0.3) is 0 Å². The second-order valence-corrected chi connectivity index (χ2v) is 6.40. The van der Waals surface area contributed by atoms with Gasteiger partial charge in [-0.05, 0) is 30.5 Å². The molecule has 3 aromatic carbocycles. The van der Waals surface area contributed by atoms with E-state index in [9.17, 15) is 9.59 Å². The van der Waals surface area contributed by atoms with Crippen LogP contribution in [0.5, 0.6) is 0 Å². The highest BCUT2D eigenvalue weighted by Gasteiger charge is 2.09. The number of fused-ring (bicyclic) bond motifs is 2. The van der Waals surface area contributed by atoms with Gasteiger partial charge in [-0.2, -0.15) is 0 Å². The van der Waals surface area contributed by atoms with Crippen LogP contribution in [0.3, 0.4) is 0 Å². The summed E-state index contributed by atoms with van der Waals surface area (Å²) in [5.74, 6) is -0.133. The molecule has 1 aromatic heterocycles. The van der Waals surface area contributed by atoms with Crippen LogP contribution < -0.4 is 10.7 Å². The van der Waals surface area contributed by atoms with Crippen molar-refractivity contribution in [3.8, 4) is 0 Å². The molecule has 1 N–H and O–H groups in total. The van der Waals surface area contributed by atoms with Gasteiger partial charge in [0.2, 0.25) is 5.91 Å². The van der Waals surface area contributed by atoms with Crippen molar-refractivity contribution in [3.63, 3.8) is 0 Å². The van der Waals surface area contributed by atoms with Crippen molar-refractivity contribution in [3.05, 3.63) is 88.7 Å². The van der Waals surface area contributed by atoms with Gasteiger partial charge in [0.1, 0.15) is 6.54 Å². The Morgan fingerprint density at radius 2 is 1.77 bits per heavy atom. The molecular formula is C22H18N2O2. The Kier molecular flexibility index (Phi) is 4.01. The number of hydrogen-bond acceptors (Lipinski definition) is 2. The van der Waals surface area contributed by atoms with E-state index in [0.29, 0.717) is 5.39 Å². The van der Waals surface area contributed by atoms with Gasteiger partial charge in [-0.15, -0.1) is 0 Å². The molecular weight excluding hydrogens is 324 g/mol. The molecule has 0 aliphatic heterocycles. The lowest BCUT2D eigenvalue weighted by molar-refractivity contribution is -0.116. The smallest absolute Gasteiger partial charge is 0.244 e. The zero-order valence-corrected chi connectivity index (χ0v) is 14.4. The number of amides is 1. The summed E-state index contributed by atoms with van der Waals surface area (Å²) in [7, 11) is 0. The molecule has 1 heterocycles. The van der Waals surface area contributed by atoms with Gasteiger partial charge in [-0.3, -0.25) is 9.59 Å². The number of nitrogens with zero attached hydrogens (tertiary/aromatic N) is 1. The van der Waals surface area contributed by atoms with Crippen molar-refractivity contribution in [2.75, 3.05) is 5.32 Å². The molecule has 1 amide bonds. The molecule has 26 heavy (non-hydrogen) atoms. The normalized spacial score (nSPS) is 11.0. The fourth-order valence-electron chi connectivity index (χ4n) is 3.24. The minimum absolute atomic E-state index is 0.0330. The third kappa shape index (κ3) is 2.97. The summed E-state index contributed by atoms with van der Waals surface area (Å²) in [6, 6.07) is 21.0. The maximum absolute atomic E-state index is 12.6. The van der Waals surface area contributed by atoms with Gasteiger partial charge >= 0.3 is 0 Å². The van der Waals surface area contributed by atoms with Crippen molar-refractivity contribution in [1.29, 1.82) is 0 Å². The Morgan fingerprint density at radius 3 is 2.65 bits per heavy atom. The first-order valence-electron chi connectivity index (χ1n) is 8.49. The molecule has 0 aliphatic carbocycles. The van der Waals surface area contributed by atoms with E-state index in [0.717, 1.165) is 27.5 Å². The van der Waals surface area contributed by atoms with Crippen LogP contribution in [0.25, 0.3) is 21.7 Å². The Bertz CT molecular complexity index is 1190. The number of aryl methyl sites for hydroxylation is 1. The van der Waals surface area contributed by atoms with Crippen molar-refractivity contribution in [2.24, 2.45) is 0 Å². The molecule has 4 aromatic rings. The van der Waals surface area contributed by atoms with Crippen LogP contribution in [0.4, 0.5) is 5.69 Å². The lowest BCUT2D eigenvalue weighted by Gasteiger charge is -2.12. The summed E-state index contributed by atoms with van der Waals surface area (Å²) in [4.78, 5) is 24.7. The largest absolute Gasteiger partial charge is 0.338 e. The molecule has 0 saturated carbocycles. The monoisotopic (exact) mass is 342 g/mol. The molecule has 0 unspecified atom stereocenters. The summed E-state index contributed by atoms with van der Waals surface area (Å²) in [6.07, 6.45) is 1.67. The summed E-state index contributed by atoms with van der Waals surface area (Å²) < 4.78 is 1.80. The number of pyridine rings is 1. The van der Waals surface area contributed by atoms with Crippen LogP contribution in [-0.4, -0.2) is 10.5 Å². The first kappa shape index (κ1) is 16.1. The quantitative estimate of drug-likeness (QED) is 0.609. The number of carbonyl (C=O) groups is 1. The summed E-state index contributed by atoms with van der Waals surface area (Å²) in [6.45, 7) is 2.09. The van der Waals surface area contributed by atoms with E-state index in [1.54, 1.807) is 10.8 Å². The molecule has 4 nitrogen and oxygen atoms in total. The Morgan fingerprint density at radius 1 is 0.962 bits per heavy atom. The molecule has 0 radical (unpaired) electrons. The number of hydrogen-bond donors (Lipinski definition) is 1. The molecule has 0 saturated heterocycles. The molecule has 128 valence electrons. The van der Waals surface area contributed by atoms with E-state index in [2.05, 4.69) is 5.32 Å². The third-order valence-corrected chi connectivity index (χ3v) is 4.51. The van der Waals surface area contributed by atoms with Crippen molar-refractivity contribution >= 4 is 33.3 Å². The number of carbonyl (C=O) groups excluding carboxylic acids is 1. The van der Waals surface area contributed by atoms with Crippen LogP contribution in [-0.2, 0) is 11.3 Å². The Labute approximate surface area is 150 Å². The topological polar surface area (TPSA) is 51.1 Å². The van der Waals surface area contributed by atoms with Crippen LogP contribution in [0.1, 0.15) is 5.56 Å². The van der Waals surface area contributed by atoms with Gasteiger partial charge < -0.3 is 9.88 Å². The van der Waals surface area contributed by atoms with E-state index >= 15 is 0 Å². The molecule has 0 bridgehead atoms. The van der Waals surface area contributed by atoms with E-state index < -0.39 is 0 Å². The Hall–Kier alpha value is -3.40. The lowest BCUT2D eigenvalue weighted by atomic mass is 10.1. The number of nitrogens with one attached hydrogen (secondary N) is 1. The number of aromatic nitrogens is 1. The third-order valence-electron chi connectivity index (χ3n) is 4.51. The van der Waals surface area contributed by atoms with E-state index in [1.807, 2.05) is 67.6 Å². The summed E-state index contributed by atoms with van der Waals surface area (Å²) in [5.41, 5.74) is 2.53. The van der Waals surface area contributed by atoms with E-state index in [-0.39, 0.29) is 17.9 Å². The number of rotatable bonds is 3. The molecule has 0 spiro atoms. The van der Waals surface area contributed by atoms with E-state index in [1.165, 1.54) is 6.07 Å². The molecule has 4 heteroatoms. The van der Waals surface area contributed by atoms with Crippen molar-refractivity contribution in [1.82, 2.24) is 4.57 Å². The zero-order chi connectivity index (χ0) is 18.1. The Balaban J connectivity index is 1.66. The second-order valence-electron chi connectivity index (χ2n) is 6.40. The minimum atomic E-state index is -0.133. The first-order chi connectivity index (χ1) is 12.6. The average molecular weight is 342 g/mol. The predicted molar refractivity (Wildman–Crippen MR) is 106 cm³/mol. The fraction of sp³-hybridized carbons (Fsp3) is 0.0909. The van der Waals surface area contributed by atoms with Gasteiger partial charge in [0, 0.05) is 28.7 Å². The van der Waals surface area contributed by atoms with Crippen LogP contribution in [0, 0.1) is 6.92 Å². The standard InChI is InChI=1S/C22H18N2O2/c1-15-9-10-20-18(13-15)21(25)11-12-24(20)14-22(26)23-19-8-4-6-16-5-2-3-7-17(16)19/h2-13H,14H2,1H3,(H,23,26). The van der Waals surface area contributed by atoms with Crippen LogP contribution >= 0.6 is 0 Å². The van der Waals surface area contributed by atoms with Crippen LogP contribution in [0.2, 0.25) is 0 Å². The maximum Gasteiger partial charge on any atom is 0.244 e. The van der Waals surface area contributed by atoms with Crippen LogP contribution in [0.15, 0.2) is 77.7 Å². The van der Waals surface area contributed by atoms with Gasteiger partial charge in [0.15, 0.2) is 5.43 Å². The highest BCUT2D eigenvalue weighted by molar-refractivity contribution is 6.02. The first-order valence-corrected chi connectivity index (χ1v) is 8.49. The minimum Gasteiger partial charge on any atom is -0.338 e. The predicted octanol–water partition coefficient (Wildman–Crippen LogP) is 4.10. The zero-order valence-electron chi connectivity index (χ0n) is 14.4. The van der Waals surface area contributed by atoms with Gasteiger partial charge in [-0.25, -0.2) is 0 Å². The summed E-state index contributed by atoms with van der Waals surface area (Å²) in [5, 5.41) is 5.70. The molecule has 0 atom stereocenters.